The lowest BCUT2D eigenvalue weighted by Crippen LogP contribution is -2.44. The first-order valence-electron chi connectivity index (χ1n) is 10.2. The molecule has 1 aliphatic heterocycles. The molecule has 1 fully saturated rings. The van der Waals surface area contributed by atoms with Crippen LogP contribution in [0, 0.1) is 5.92 Å². The van der Waals surface area contributed by atoms with Crippen molar-refractivity contribution in [2.24, 2.45) is 5.92 Å². The van der Waals surface area contributed by atoms with Crippen LogP contribution in [-0.4, -0.2) is 35.2 Å². The van der Waals surface area contributed by atoms with Gasteiger partial charge in [-0.05, 0) is 17.9 Å². The SMILES string of the molecule is CCCCCCCC(=O)N1C(C(=O)OCC(C)C)CSC1c1ccccc1. The summed E-state index contributed by atoms with van der Waals surface area (Å²) in [6.07, 6.45) is 6.03. The van der Waals surface area contributed by atoms with Gasteiger partial charge in [0.05, 0.1) is 6.61 Å². The van der Waals surface area contributed by atoms with E-state index in [4.69, 9.17) is 4.74 Å². The maximum atomic E-state index is 13.0. The molecule has 2 unspecified atom stereocenters. The van der Waals surface area contributed by atoms with E-state index in [1.54, 1.807) is 16.7 Å². The summed E-state index contributed by atoms with van der Waals surface area (Å²) in [6.45, 7) is 6.62. The van der Waals surface area contributed by atoms with Crippen LogP contribution in [0.3, 0.4) is 0 Å². The molecule has 0 saturated carbocycles. The molecule has 150 valence electrons. The standard InChI is InChI=1S/C22H33NO3S/c1-4-5-6-7-11-14-20(24)23-19(22(25)26-15-17(2)3)16-27-21(23)18-12-9-8-10-13-18/h8-10,12-13,17,19,21H,4-7,11,14-16H2,1-3H3. The van der Waals surface area contributed by atoms with Gasteiger partial charge in [-0.15, -0.1) is 11.8 Å². The Kier molecular flexibility index (Phi) is 9.19. The molecule has 0 bridgehead atoms. The number of hydrogen-bond donors (Lipinski definition) is 0. The predicted octanol–water partition coefficient (Wildman–Crippen LogP) is 5.19. The molecule has 0 spiro atoms. The fourth-order valence-corrected chi connectivity index (χ4v) is 4.66. The Morgan fingerprint density at radius 1 is 1.15 bits per heavy atom. The van der Waals surface area contributed by atoms with Crippen LogP contribution in [0.5, 0.6) is 0 Å². The second-order valence-corrected chi connectivity index (χ2v) is 8.71. The molecule has 1 amide bonds. The summed E-state index contributed by atoms with van der Waals surface area (Å²) >= 11 is 1.65. The van der Waals surface area contributed by atoms with E-state index >= 15 is 0 Å². The van der Waals surface area contributed by atoms with Crippen LogP contribution in [0.1, 0.15) is 70.2 Å². The van der Waals surface area contributed by atoms with Crippen LogP contribution in [0.4, 0.5) is 0 Å². The Bertz CT molecular complexity index is 590. The van der Waals surface area contributed by atoms with Crippen LogP contribution < -0.4 is 0 Å². The second kappa shape index (κ2) is 11.4. The van der Waals surface area contributed by atoms with Gasteiger partial charge in [0.1, 0.15) is 11.4 Å². The summed E-state index contributed by atoms with van der Waals surface area (Å²) in [6, 6.07) is 9.50. The zero-order valence-electron chi connectivity index (χ0n) is 16.9. The number of esters is 1. The maximum Gasteiger partial charge on any atom is 0.329 e. The first kappa shape index (κ1) is 21.8. The lowest BCUT2D eigenvalue weighted by Gasteiger charge is -2.29. The Hall–Kier alpha value is -1.49. The molecule has 0 aromatic heterocycles. The molecule has 1 heterocycles. The monoisotopic (exact) mass is 391 g/mol. The van der Waals surface area contributed by atoms with Gasteiger partial charge in [0.2, 0.25) is 5.91 Å². The van der Waals surface area contributed by atoms with E-state index in [1.165, 1.54) is 19.3 Å². The van der Waals surface area contributed by atoms with Crippen molar-refractivity contribution in [2.45, 2.75) is 70.7 Å². The van der Waals surface area contributed by atoms with Crippen molar-refractivity contribution in [1.82, 2.24) is 4.90 Å². The molecule has 1 aromatic rings. The first-order valence-corrected chi connectivity index (χ1v) is 11.2. The van der Waals surface area contributed by atoms with Gasteiger partial charge < -0.3 is 9.64 Å². The first-order chi connectivity index (χ1) is 13.0. The van der Waals surface area contributed by atoms with Gasteiger partial charge in [0, 0.05) is 12.2 Å². The number of unbranched alkanes of at least 4 members (excludes halogenated alkanes) is 4. The largest absolute Gasteiger partial charge is 0.464 e. The van der Waals surface area contributed by atoms with Gasteiger partial charge in [-0.3, -0.25) is 4.79 Å². The van der Waals surface area contributed by atoms with Gasteiger partial charge in [0.25, 0.3) is 0 Å². The van der Waals surface area contributed by atoms with Crippen molar-refractivity contribution in [1.29, 1.82) is 0 Å². The van der Waals surface area contributed by atoms with Gasteiger partial charge in [-0.2, -0.15) is 0 Å². The van der Waals surface area contributed by atoms with Crippen LogP contribution in [0.25, 0.3) is 0 Å². The Morgan fingerprint density at radius 3 is 2.52 bits per heavy atom. The van der Waals surface area contributed by atoms with Crippen LogP contribution in [0.2, 0.25) is 0 Å². The maximum absolute atomic E-state index is 13.0. The highest BCUT2D eigenvalue weighted by molar-refractivity contribution is 7.99. The molecule has 0 aliphatic carbocycles. The zero-order valence-corrected chi connectivity index (χ0v) is 17.7. The van der Waals surface area contributed by atoms with Gasteiger partial charge >= 0.3 is 5.97 Å². The van der Waals surface area contributed by atoms with Crippen LogP contribution in [-0.2, 0) is 14.3 Å². The van der Waals surface area contributed by atoms with E-state index in [1.807, 2.05) is 44.2 Å². The lowest BCUT2D eigenvalue weighted by atomic mass is 10.1. The van der Waals surface area contributed by atoms with Crippen molar-refractivity contribution in [3.63, 3.8) is 0 Å². The minimum absolute atomic E-state index is 0.0665. The summed E-state index contributed by atoms with van der Waals surface area (Å²) in [5, 5.41) is -0.106. The van der Waals surface area contributed by atoms with Crippen molar-refractivity contribution in [2.75, 3.05) is 12.4 Å². The average molecular weight is 392 g/mol. The highest BCUT2D eigenvalue weighted by Gasteiger charge is 2.42. The molecule has 1 aliphatic rings. The minimum Gasteiger partial charge on any atom is -0.464 e. The van der Waals surface area contributed by atoms with E-state index in [2.05, 4.69) is 6.92 Å². The summed E-state index contributed by atoms with van der Waals surface area (Å²) in [5.74, 6) is 0.680. The molecule has 2 rings (SSSR count). The Labute approximate surface area is 168 Å². The smallest absolute Gasteiger partial charge is 0.329 e. The van der Waals surface area contributed by atoms with E-state index in [0.717, 1.165) is 18.4 Å². The molecule has 2 atom stereocenters. The normalized spacial score (nSPS) is 19.5. The summed E-state index contributed by atoms with van der Waals surface area (Å²) in [7, 11) is 0. The zero-order chi connectivity index (χ0) is 19.6. The summed E-state index contributed by atoms with van der Waals surface area (Å²) < 4.78 is 5.46. The summed E-state index contributed by atoms with van der Waals surface area (Å²) in [4.78, 5) is 27.4. The fraction of sp³-hybridized carbons (Fsp3) is 0.636. The molecule has 27 heavy (non-hydrogen) atoms. The van der Waals surface area contributed by atoms with Crippen LogP contribution >= 0.6 is 11.8 Å². The molecule has 5 heteroatoms. The minimum atomic E-state index is -0.484. The van der Waals surface area contributed by atoms with Crippen LogP contribution in [0.15, 0.2) is 30.3 Å². The van der Waals surface area contributed by atoms with Crippen molar-refractivity contribution in [3.05, 3.63) is 35.9 Å². The molecule has 4 nitrogen and oxygen atoms in total. The third kappa shape index (κ3) is 6.56. The van der Waals surface area contributed by atoms with Crippen molar-refractivity contribution in [3.8, 4) is 0 Å². The number of nitrogens with zero attached hydrogens (tertiary/aromatic N) is 1. The van der Waals surface area contributed by atoms with Gasteiger partial charge in [-0.1, -0.05) is 76.8 Å². The average Bonchev–Trinajstić information content (AvgIpc) is 3.11. The quantitative estimate of drug-likeness (QED) is 0.407. The summed E-state index contributed by atoms with van der Waals surface area (Å²) in [5.41, 5.74) is 1.07. The number of carbonyl (C=O) groups excluding carboxylic acids is 2. The molecule has 1 aromatic carbocycles. The highest BCUT2D eigenvalue weighted by atomic mass is 32.2. The van der Waals surface area contributed by atoms with E-state index < -0.39 is 6.04 Å². The van der Waals surface area contributed by atoms with E-state index in [0.29, 0.717) is 18.8 Å². The van der Waals surface area contributed by atoms with Gasteiger partial charge in [0.15, 0.2) is 0 Å². The number of hydrogen-bond acceptors (Lipinski definition) is 4. The lowest BCUT2D eigenvalue weighted by molar-refractivity contribution is -0.155. The molecule has 1 saturated heterocycles. The van der Waals surface area contributed by atoms with Crippen molar-refractivity contribution >= 4 is 23.6 Å². The fourth-order valence-electron chi connectivity index (χ4n) is 3.22. The second-order valence-electron chi connectivity index (χ2n) is 7.60. The molecule has 0 N–H and O–H groups in total. The van der Waals surface area contributed by atoms with E-state index in [-0.39, 0.29) is 23.2 Å². The third-order valence-corrected chi connectivity index (χ3v) is 6.02. The molecular weight excluding hydrogens is 358 g/mol. The van der Waals surface area contributed by atoms with E-state index in [9.17, 15) is 9.59 Å². The molecular formula is C22H33NO3S. The number of amides is 1. The number of thioether (sulfide) groups is 1. The van der Waals surface area contributed by atoms with Crippen molar-refractivity contribution < 1.29 is 14.3 Å². The Balaban J connectivity index is 2.06. The van der Waals surface area contributed by atoms with Gasteiger partial charge in [-0.25, -0.2) is 4.79 Å². The predicted molar refractivity (Wildman–Crippen MR) is 111 cm³/mol. The third-order valence-electron chi connectivity index (χ3n) is 4.70. The Morgan fingerprint density at radius 2 is 1.85 bits per heavy atom. The molecule has 0 radical (unpaired) electrons. The number of ether oxygens (including phenoxy) is 1. The number of carbonyl (C=O) groups is 2. The highest BCUT2D eigenvalue weighted by Crippen LogP contribution is 2.42. The number of rotatable bonds is 10. The topological polar surface area (TPSA) is 46.6 Å². The number of benzene rings is 1.